The van der Waals surface area contributed by atoms with Crippen LogP contribution in [0, 0.1) is 10.1 Å². The molecule has 0 aliphatic heterocycles. The van der Waals surface area contributed by atoms with Gasteiger partial charge in [0.15, 0.2) is 0 Å². The Morgan fingerprint density at radius 1 is 1.00 bits per heavy atom. The molecule has 0 spiro atoms. The minimum atomic E-state index is -4.07. The number of nitrogens with one attached hydrogen (secondary N) is 1. The molecule has 2 amide bonds. The van der Waals surface area contributed by atoms with Crippen LogP contribution in [0.15, 0.2) is 78.9 Å². The van der Waals surface area contributed by atoms with Crippen LogP contribution in [0.2, 0.25) is 5.02 Å². The van der Waals surface area contributed by atoms with Crippen molar-refractivity contribution in [3.8, 4) is 0 Å². The molecule has 0 unspecified atom stereocenters. The van der Waals surface area contributed by atoms with Crippen molar-refractivity contribution >= 4 is 44.8 Å². The number of rotatable bonds is 11. The third kappa shape index (κ3) is 9.02. The van der Waals surface area contributed by atoms with Gasteiger partial charge >= 0.3 is 0 Å². The van der Waals surface area contributed by atoms with E-state index < -0.39 is 44.9 Å². The third-order valence-electron chi connectivity index (χ3n) is 6.08. The molecule has 3 aromatic carbocycles. The zero-order valence-corrected chi connectivity index (χ0v) is 24.9. The Morgan fingerprint density at radius 2 is 1.63 bits per heavy atom. The number of non-ortho nitro benzene ring substituents is 1. The number of amides is 2. The fraction of sp³-hybridized carbons (Fsp3) is 0.310. The van der Waals surface area contributed by atoms with E-state index in [-0.39, 0.29) is 24.3 Å². The lowest BCUT2D eigenvalue weighted by atomic mass is 10.0. The SMILES string of the molecule is CC(C)(C)NC(=O)[C@H](Cc1ccccc1)N(Cc1ccccc1Cl)C(=O)CN(c1cccc([N+](=O)[O-])c1)S(C)(=O)=O. The molecule has 1 N–H and O–H groups in total. The summed E-state index contributed by atoms with van der Waals surface area (Å²) in [6, 6.07) is 20.0. The summed E-state index contributed by atoms with van der Waals surface area (Å²) in [5.41, 5.74) is 0.351. The van der Waals surface area contributed by atoms with Crippen molar-refractivity contribution in [3.63, 3.8) is 0 Å². The molecule has 0 saturated carbocycles. The average Bonchev–Trinajstić information content (AvgIpc) is 2.89. The second-order valence-corrected chi connectivity index (χ2v) is 12.9. The minimum Gasteiger partial charge on any atom is -0.350 e. The van der Waals surface area contributed by atoms with Crippen molar-refractivity contribution < 1.29 is 22.9 Å². The Balaban J connectivity index is 2.10. The van der Waals surface area contributed by atoms with Crippen molar-refractivity contribution in [2.24, 2.45) is 0 Å². The number of hydrogen-bond donors (Lipinski definition) is 1. The number of nitrogens with zero attached hydrogens (tertiary/aromatic N) is 3. The van der Waals surface area contributed by atoms with Crippen LogP contribution in [-0.4, -0.2) is 54.4 Å². The normalized spacial score (nSPS) is 12.3. The van der Waals surface area contributed by atoms with Gasteiger partial charge in [-0.2, -0.15) is 0 Å². The van der Waals surface area contributed by atoms with E-state index in [1.165, 1.54) is 23.1 Å². The predicted molar refractivity (Wildman–Crippen MR) is 159 cm³/mol. The molecular weight excluding hydrogens is 568 g/mol. The van der Waals surface area contributed by atoms with Crippen LogP contribution in [0.25, 0.3) is 0 Å². The predicted octanol–water partition coefficient (Wildman–Crippen LogP) is 4.57. The average molecular weight is 601 g/mol. The third-order valence-corrected chi connectivity index (χ3v) is 7.58. The van der Waals surface area contributed by atoms with E-state index in [1.54, 1.807) is 24.3 Å². The van der Waals surface area contributed by atoms with E-state index in [0.717, 1.165) is 22.2 Å². The molecule has 41 heavy (non-hydrogen) atoms. The zero-order chi connectivity index (χ0) is 30.4. The summed E-state index contributed by atoms with van der Waals surface area (Å²) >= 11 is 6.44. The number of anilines is 1. The van der Waals surface area contributed by atoms with Crippen LogP contribution >= 0.6 is 11.6 Å². The van der Waals surface area contributed by atoms with Gasteiger partial charge in [0.1, 0.15) is 12.6 Å². The Hall–Kier alpha value is -3.96. The molecule has 12 heteroatoms. The van der Waals surface area contributed by atoms with Gasteiger partial charge in [0.2, 0.25) is 21.8 Å². The van der Waals surface area contributed by atoms with E-state index in [9.17, 15) is 28.1 Å². The molecule has 10 nitrogen and oxygen atoms in total. The lowest BCUT2D eigenvalue weighted by Gasteiger charge is -2.35. The molecule has 0 aliphatic rings. The lowest BCUT2D eigenvalue weighted by Crippen LogP contribution is -2.56. The van der Waals surface area contributed by atoms with Crippen LogP contribution in [0.5, 0.6) is 0 Å². The van der Waals surface area contributed by atoms with Gasteiger partial charge in [0.05, 0.1) is 16.9 Å². The molecule has 218 valence electrons. The molecule has 3 rings (SSSR count). The highest BCUT2D eigenvalue weighted by molar-refractivity contribution is 7.92. The molecule has 0 saturated heterocycles. The number of carbonyl (C=O) groups excluding carboxylic acids is 2. The lowest BCUT2D eigenvalue weighted by molar-refractivity contribution is -0.384. The van der Waals surface area contributed by atoms with Crippen LogP contribution in [0.4, 0.5) is 11.4 Å². The first-order valence-corrected chi connectivity index (χ1v) is 15.0. The Labute approximate surface area is 245 Å². The van der Waals surface area contributed by atoms with Gasteiger partial charge < -0.3 is 10.2 Å². The standard InChI is InChI=1S/C29H33ClN4O6S/c1-29(2,3)31-28(36)26(17-21-11-6-5-7-12-21)32(19-22-13-8-9-16-25(22)30)27(35)20-33(41(4,39)40)23-14-10-15-24(18-23)34(37)38/h5-16,18,26H,17,19-20H2,1-4H3,(H,31,36)/t26-/m0/s1. The van der Waals surface area contributed by atoms with E-state index in [2.05, 4.69) is 5.32 Å². The number of nitro groups is 1. The molecule has 0 radical (unpaired) electrons. The molecule has 0 fully saturated rings. The maximum atomic E-state index is 14.1. The Kier molecular flexibility index (Phi) is 10.1. The van der Waals surface area contributed by atoms with E-state index >= 15 is 0 Å². The fourth-order valence-corrected chi connectivity index (χ4v) is 5.23. The molecule has 0 aromatic heterocycles. The maximum Gasteiger partial charge on any atom is 0.271 e. The van der Waals surface area contributed by atoms with E-state index in [0.29, 0.717) is 10.6 Å². The highest BCUT2D eigenvalue weighted by Gasteiger charge is 2.34. The van der Waals surface area contributed by atoms with Gasteiger partial charge in [-0.1, -0.05) is 66.2 Å². The van der Waals surface area contributed by atoms with Crippen LogP contribution in [-0.2, 0) is 32.6 Å². The second kappa shape index (κ2) is 13.1. The number of halogens is 1. The summed E-state index contributed by atoms with van der Waals surface area (Å²) in [7, 11) is -4.07. The summed E-state index contributed by atoms with van der Waals surface area (Å²) in [4.78, 5) is 39.8. The quantitative estimate of drug-likeness (QED) is 0.253. The molecule has 3 aromatic rings. The van der Waals surface area contributed by atoms with Gasteiger partial charge in [-0.05, 0) is 44.0 Å². The molecule has 0 aliphatic carbocycles. The first-order valence-electron chi connectivity index (χ1n) is 12.8. The number of nitro benzene ring substituents is 1. The summed E-state index contributed by atoms with van der Waals surface area (Å²) in [6.45, 7) is 4.67. The van der Waals surface area contributed by atoms with Gasteiger partial charge in [0, 0.05) is 35.7 Å². The smallest absolute Gasteiger partial charge is 0.271 e. The summed E-state index contributed by atoms with van der Waals surface area (Å²) < 4.78 is 26.5. The van der Waals surface area contributed by atoms with Crippen LogP contribution in [0.1, 0.15) is 31.9 Å². The Bertz CT molecular complexity index is 1510. The van der Waals surface area contributed by atoms with Gasteiger partial charge in [0.25, 0.3) is 5.69 Å². The summed E-state index contributed by atoms with van der Waals surface area (Å²) in [5, 5.41) is 14.7. The molecule has 0 heterocycles. The number of benzene rings is 3. The minimum absolute atomic E-state index is 0.0495. The van der Waals surface area contributed by atoms with Crippen LogP contribution in [0.3, 0.4) is 0 Å². The topological polar surface area (TPSA) is 130 Å². The fourth-order valence-electron chi connectivity index (χ4n) is 4.19. The van der Waals surface area contributed by atoms with Gasteiger partial charge in [-0.15, -0.1) is 0 Å². The largest absolute Gasteiger partial charge is 0.350 e. The second-order valence-electron chi connectivity index (χ2n) is 10.6. The number of carbonyl (C=O) groups is 2. The Morgan fingerprint density at radius 3 is 2.22 bits per heavy atom. The highest BCUT2D eigenvalue weighted by Crippen LogP contribution is 2.25. The van der Waals surface area contributed by atoms with Gasteiger partial charge in [-0.3, -0.25) is 24.0 Å². The summed E-state index contributed by atoms with van der Waals surface area (Å²) in [6.07, 6.45) is 1.06. The number of sulfonamides is 1. The molecule has 1 atom stereocenters. The molecular formula is C29H33ClN4O6S. The van der Waals surface area contributed by atoms with Crippen molar-refractivity contribution in [2.45, 2.75) is 45.3 Å². The first kappa shape index (κ1) is 31.6. The number of hydrogen-bond acceptors (Lipinski definition) is 6. The van der Waals surface area contributed by atoms with Crippen LogP contribution < -0.4 is 9.62 Å². The highest BCUT2D eigenvalue weighted by atomic mass is 35.5. The first-order chi connectivity index (χ1) is 19.2. The van der Waals surface area contributed by atoms with Crippen molar-refractivity contribution in [1.82, 2.24) is 10.2 Å². The van der Waals surface area contributed by atoms with E-state index in [4.69, 9.17) is 11.6 Å². The zero-order valence-electron chi connectivity index (χ0n) is 23.3. The van der Waals surface area contributed by atoms with Crippen molar-refractivity contribution in [2.75, 3.05) is 17.1 Å². The monoisotopic (exact) mass is 600 g/mol. The summed E-state index contributed by atoms with van der Waals surface area (Å²) in [5.74, 6) is -1.12. The maximum absolute atomic E-state index is 14.1. The van der Waals surface area contributed by atoms with E-state index in [1.807, 2.05) is 51.1 Å². The molecule has 0 bridgehead atoms. The van der Waals surface area contributed by atoms with Gasteiger partial charge in [-0.25, -0.2) is 8.42 Å². The van der Waals surface area contributed by atoms with Crippen molar-refractivity contribution in [1.29, 1.82) is 0 Å². The van der Waals surface area contributed by atoms with Crippen molar-refractivity contribution in [3.05, 3.63) is 105 Å².